The van der Waals surface area contributed by atoms with Crippen molar-refractivity contribution in [2.24, 2.45) is 0 Å². The van der Waals surface area contributed by atoms with Gasteiger partial charge in [-0.1, -0.05) is 36.8 Å². The second-order valence-corrected chi connectivity index (χ2v) is 7.42. The summed E-state index contributed by atoms with van der Waals surface area (Å²) in [5.74, 6) is 0.258. The van der Waals surface area contributed by atoms with Crippen molar-refractivity contribution in [1.82, 2.24) is 14.5 Å². The van der Waals surface area contributed by atoms with E-state index in [0.29, 0.717) is 0 Å². The summed E-state index contributed by atoms with van der Waals surface area (Å²) in [6.45, 7) is 0. The SMILES string of the molecule is CN(C1CCCC1c1ccccc1)S(=O)(=O)c1ccn[nH]1. The van der Waals surface area contributed by atoms with Crippen LogP contribution in [0.1, 0.15) is 30.7 Å². The molecule has 112 valence electrons. The van der Waals surface area contributed by atoms with Gasteiger partial charge in [-0.3, -0.25) is 5.10 Å². The number of hydrogen-bond donors (Lipinski definition) is 1. The van der Waals surface area contributed by atoms with Crippen LogP contribution in [0.4, 0.5) is 0 Å². The van der Waals surface area contributed by atoms with Crippen LogP contribution in [0.5, 0.6) is 0 Å². The van der Waals surface area contributed by atoms with Gasteiger partial charge in [0, 0.05) is 19.0 Å². The predicted molar refractivity (Wildman–Crippen MR) is 80.4 cm³/mol. The van der Waals surface area contributed by atoms with Crippen LogP contribution in [0.2, 0.25) is 0 Å². The van der Waals surface area contributed by atoms with Crippen LogP contribution in [-0.4, -0.2) is 36.0 Å². The molecule has 1 aliphatic rings. The van der Waals surface area contributed by atoms with E-state index in [1.165, 1.54) is 22.1 Å². The van der Waals surface area contributed by atoms with Crippen molar-refractivity contribution >= 4 is 10.0 Å². The van der Waals surface area contributed by atoms with Crippen molar-refractivity contribution in [2.75, 3.05) is 7.05 Å². The van der Waals surface area contributed by atoms with Crippen LogP contribution in [0, 0.1) is 0 Å². The highest BCUT2D eigenvalue weighted by Crippen LogP contribution is 2.38. The fourth-order valence-electron chi connectivity index (χ4n) is 3.18. The van der Waals surface area contributed by atoms with Gasteiger partial charge in [0.1, 0.15) is 0 Å². The van der Waals surface area contributed by atoms with Gasteiger partial charge in [-0.15, -0.1) is 0 Å². The van der Waals surface area contributed by atoms with Crippen LogP contribution in [-0.2, 0) is 10.0 Å². The average Bonchev–Trinajstić information content (AvgIpc) is 3.18. The standard InChI is InChI=1S/C15H19N3O2S/c1-18(21(19,20)15-10-11-16-17-15)14-9-5-8-13(14)12-6-3-2-4-7-12/h2-4,6-7,10-11,13-14H,5,8-9H2,1H3,(H,16,17). The zero-order valence-corrected chi connectivity index (χ0v) is 12.8. The summed E-state index contributed by atoms with van der Waals surface area (Å²) in [5.41, 5.74) is 1.21. The van der Waals surface area contributed by atoms with Gasteiger partial charge in [0.15, 0.2) is 5.03 Å². The van der Waals surface area contributed by atoms with Crippen LogP contribution < -0.4 is 0 Å². The maximum Gasteiger partial charge on any atom is 0.259 e. The topological polar surface area (TPSA) is 66.1 Å². The average molecular weight is 305 g/mol. The molecular formula is C15H19N3O2S. The van der Waals surface area contributed by atoms with Gasteiger partial charge < -0.3 is 0 Å². The fourth-order valence-corrected chi connectivity index (χ4v) is 4.50. The van der Waals surface area contributed by atoms with Gasteiger partial charge in [-0.25, -0.2) is 8.42 Å². The third-order valence-corrected chi connectivity index (χ3v) is 6.12. The summed E-state index contributed by atoms with van der Waals surface area (Å²) in [7, 11) is -1.84. The van der Waals surface area contributed by atoms with Gasteiger partial charge >= 0.3 is 0 Å². The second kappa shape index (κ2) is 5.61. The first-order chi connectivity index (χ1) is 10.1. The highest BCUT2D eigenvalue weighted by molar-refractivity contribution is 7.89. The lowest BCUT2D eigenvalue weighted by atomic mass is 9.94. The van der Waals surface area contributed by atoms with E-state index in [1.54, 1.807) is 7.05 Å². The normalized spacial score (nSPS) is 22.8. The molecule has 2 aromatic rings. The van der Waals surface area contributed by atoms with E-state index >= 15 is 0 Å². The first-order valence-corrected chi connectivity index (χ1v) is 8.57. The van der Waals surface area contributed by atoms with E-state index in [0.717, 1.165) is 19.3 Å². The number of likely N-dealkylation sites (N-methyl/N-ethyl adjacent to an activating group) is 1. The molecule has 1 heterocycles. The zero-order valence-electron chi connectivity index (χ0n) is 11.9. The van der Waals surface area contributed by atoms with Crippen LogP contribution >= 0.6 is 0 Å². The molecule has 2 atom stereocenters. The number of aromatic amines is 1. The number of nitrogens with zero attached hydrogens (tertiary/aromatic N) is 2. The molecule has 0 bridgehead atoms. The molecular weight excluding hydrogens is 286 g/mol. The second-order valence-electron chi connectivity index (χ2n) is 5.46. The molecule has 0 spiro atoms. The van der Waals surface area contributed by atoms with E-state index in [9.17, 15) is 8.42 Å². The molecule has 0 saturated heterocycles. The van der Waals surface area contributed by atoms with E-state index in [2.05, 4.69) is 22.3 Å². The smallest absolute Gasteiger partial charge is 0.259 e. The minimum atomic E-state index is -3.50. The predicted octanol–water partition coefficient (Wildman–Crippen LogP) is 2.37. The Bertz CT molecular complexity index is 683. The summed E-state index contributed by atoms with van der Waals surface area (Å²) >= 11 is 0. The first kappa shape index (κ1) is 14.3. The van der Waals surface area contributed by atoms with E-state index < -0.39 is 10.0 Å². The molecule has 2 unspecified atom stereocenters. The molecule has 0 aliphatic heterocycles. The van der Waals surface area contributed by atoms with E-state index in [1.807, 2.05) is 18.2 Å². The van der Waals surface area contributed by atoms with Gasteiger partial charge in [0.05, 0.1) is 6.20 Å². The Morgan fingerprint density at radius 3 is 2.62 bits per heavy atom. The molecule has 1 saturated carbocycles. The number of hydrogen-bond acceptors (Lipinski definition) is 3. The lowest BCUT2D eigenvalue weighted by molar-refractivity contribution is 0.345. The van der Waals surface area contributed by atoms with Crippen molar-refractivity contribution in [3.63, 3.8) is 0 Å². The van der Waals surface area contributed by atoms with Crippen LogP contribution in [0.15, 0.2) is 47.6 Å². The van der Waals surface area contributed by atoms with E-state index in [-0.39, 0.29) is 17.0 Å². The minimum absolute atomic E-state index is 0.000648. The van der Waals surface area contributed by atoms with Crippen molar-refractivity contribution in [2.45, 2.75) is 36.2 Å². The summed E-state index contributed by atoms with van der Waals surface area (Å²) < 4.78 is 26.7. The van der Waals surface area contributed by atoms with Crippen molar-refractivity contribution in [1.29, 1.82) is 0 Å². The number of rotatable bonds is 4. The third-order valence-electron chi connectivity index (χ3n) is 4.31. The summed E-state index contributed by atoms with van der Waals surface area (Å²) in [5, 5.41) is 6.46. The number of sulfonamides is 1. The summed E-state index contributed by atoms with van der Waals surface area (Å²) in [6.07, 6.45) is 4.43. The third kappa shape index (κ3) is 2.61. The maximum absolute atomic E-state index is 12.6. The highest BCUT2D eigenvalue weighted by Gasteiger charge is 2.37. The Morgan fingerprint density at radius 2 is 1.95 bits per heavy atom. The molecule has 1 aliphatic carbocycles. The molecule has 1 N–H and O–H groups in total. The Morgan fingerprint density at radius 1 is 1.19 bits per heavy atom. The van der Waals surface area contributed by atoms with Gasteiger partial charge in [0.25, 0.3) is 10.0 Å². The molecule has 0 radical (unpaired) electrons. The summed E-state index contributed by atoms with van der Waals surface area (Å²) in [6, 6.07) is 11.7. The van der Waals surface area contributed by atoms with Gasteiger partial charge in [0.2, 0.25) is 0 Å². The minimum Gasteiger partial charge on any atom is -0.266 e. The Hall–Kier alpha value is -1.66. The lowest BCUT2D eigenvalue weighted by Crippen LogP contribution is -2.38. The zero-order chi connectivity index (χ0) is 14.9. The quantitative estimate of drug-likeness (QED) is 0.943. The molecule has 3 rings (SSSR count). The fraction of sp³-hybridized carbons (Fsp3) is 0.400. The van der Waals surface area contributed by atoms with Crippen molar-refractivity contribution < 1.29 is 8.42 Å². The number of aromatic nitrogens is 2. The molecule has 1 aromatic carbocycles. The Kier molecular flexibility index (Phi) is 3.82. The molecule has 21 heavy (non-hydrogen) atoms. The van der Waals surface area contributed by atoms with Crippen LogP contribution in [0.3, 0.4) is 0 Å². The van der Waals surface area contributed by atoms with Gasteiger partial charge in [-0.05, 0) is 24.5 Å². The Balaban J connectivity index is 1.89. The van der Waals surface area contributed by atoms with Crippen molar-refractivity contribution in [3.8, 4) is 0 Å². The highest BCUT2D eigenvalue weighted by atomic mass is 32.2. The summed E-state index contributed by atoms with van der Waals surface area (Å²) in [4.78, 5) is 0. The lowest BCUT2D eigenvalue weighted by Gasteiger charge is -2.28. The molecule has 1 fully saturated rings. The molecule has 5 nitrogen and oxygen atoms in total. The first-order valence-electron chi connectivity index (χ1n) is 7.13. The van der Waals surface area contributed by atoms with Crippen molar-refractivity contribution in [3.05, 3.63) is 48.2 Å². The number of nitrogens with one attached hydrogen (secondary N) is 1. The molecule has 6 heteroatoms. The monoisotopic (exact) mass is 305 g/mol. The Labute approximate surface area is 125 Å². The van der Waals surface area contributed by atoms with Crippen LogP contribution in [0.25, 0.3) is 0 Å². The number of benzene rings is 1. The number of H-pyrrole nitrogens is 1. The maximum atomic E-state index is 12.6. The van der Waals surface area contributed by atoms with Gasteiger partial charge in [-0.2, -0.15) is 9.40 Å². The molecule has 0 amide bonds. The van der Waals surface area contributed by atoms with E-state index in [4.69, 9.17) is 0 Å². The largest absolute Gasteiger partial charge is 0.266 e. The molecule has 1 aromatic heterocycles.